The highest BCUT2D eigenvalue weighted by molar-refractivity contribution is 7.73. The summed E-state index contributed by atoms with van der Waals surface area (Å²) < 4.78 is 0.575. The number of aliphatic carboxylic acids is 1. The van der Waals surface area contributed by atoms with Crippen molar-refractivity contribution in [3.8, 4) is 11.3 Å². The number of carboxylic acids is 1. The Morgan fingerprint density at radius 1 is 1.41 bits per heavy atom. The van der Waals surface area contributed by atoms with Crippen molar-refractivity contribution in [1.82, 2.24) is 4.98 Å². The third-order valence-electron chi connectivity index (χ3n) is 2.17. The maximum absolute atomic E-state index is 10.8. The zero-order valence-electron chi connectivity index (χ0n) is 8.57. The van der Waals surface area contributed by atoms with E-state index >= 15 is 0 Å². The predicted octanol–water partition coefficient (Wildman–Crippen LogP) is 3.75. The van der Waals surface area contributed by atoms with Gasteiger partial charge in [0.2, 0.25) is 0 Å². The van der Waals surface area contributed by atoms with Crippen molar-refractivity contribution in [3.05, 3.63) is 38.1 Å². The van der Waals surface area contributed by atoms with Crippen LogP contribution in [0.4, 0.5) is 0 Å². The lowest BCUT2D eigenvalue weighted by Gasteiger charge is -2.01. The Morgan fingerprint density at radius 3 is 2.65 bits per heavy atom. The van der Waals surface area contributed by atoms with Gasteiger partial charge in [0.1, 0.15) is 0 Å². The highest BCUT2D eigenvalue weighted by atomic mass is 35.5. The Labute approximate surface area is 112 Å². The Morgan fingerprint density at radius 2 is 2.06 bits per heavy atom. The third-order valence-corrected chi connectivity index (χ3v) is 3.65. The van der Waals surface area contributed by atoms with Crippen molar-refractivity contribution in [2.24, 2.45) is 0 Å². The first kappa shape index (κ1) is 12.3. The molecule has 0 saturated carbocycles. The number of nitrogens with one attached hydrogen (secondary N) is 1. The van der Waals surface area contributed by atoms with E-state index in [2.05, 4.69) is 4.98 Å². The number of hydrogen-bond acceptors (Lipinski definition) is 3. The molecule has 17 heavy (non-hydrogen) atoms. The van der Waals surface area contributed by atoms with Gasteiger partial charge in [-0.05, 0) is 29.9 Å². The fraction of sp³-hybridized carbons (Fsp3) is 0.0909. The molecule has 0 fully saturated rings. The van der Waals surface area contributed by atoms with E-state index in [1.165, 1.54) is 11.3 Å². The molecule has 0 amide bonds. The largest absolute Gasteiger partial charge is 0.481 e. The number of aromatic nitrogens is 1. The van der Waals surface area contributed by atoms with Gasteiger partial charge >= 0.3 is 5.97 Å². The summed E-state index contributed by atoms with van der Waals surface area (Å²) in [5, 5.41) is 9.47. The van der Waals surface area contributed by atoms with Gasteiger partial charge in [0.05, 0.1) is 12.1 Å². The van der Waals surface area contributed by atoms with E-state index in [-0.39, 0.29) is 6.42 Å². The van der Waals surface area contributed by atoms with Crippen LogP contribution in [-0.4, -0.2) is 16.1 Å². The second-order valence-corrected chi connectivity index (χ2v) is 5.60. The van der Waals surface area contributed by atoms with Crippen LogP contribution in [0.2, 0.25) is 5.02 Å². The molecule has 0 spiro atoms. The van der Waals surface area contributed by atoms with Crippen LogP contribution >= 0.6 is 35.2 Å². The van der Waals surface area contributed by atoms with E-state index in [0.29, 0.717) is 8.98 Å². The van der Waals surface area contributed by atoms with Crippen LogP contribution in [-0.2, 0) is 11.2 Å². The molecule has 2 aromatic rings. The van der Waals surface area contributed by atoms with Crippen molar-refractivity contribution >= 4 is 41.1 Å². The summed E-state index contributed by atoms with van der Waals surface area (Å²) in [6.45, 7) is 0. The summed E-state index contributed by atoms with van der Waals surface area (Å²) in [7, 11) is 0. The SMILES string of the molecule is O=C(O)Cc1sc(=S)[nH]c1-c1ccc(Cl)cc1. The zero-order valence-corrected chi connectivity index (χ0v) is 11.0. The molecular formula is C11H8ClNO2S2. The fourth-order valence-electron chi connectivity index (χ4n) is 1.47. The first-order chi connectivity index (χ1) is 8.06. The number of carbonyl (C=O) groups is 1. The van der Waals surface area contributed by atoms with Gasteiger partial charge in [-0.1, -0.05) is 23.7 Å². The molecule has 0 radical (unpaired) electrons. The molecule has 1 heterocycles. The van der Waals surface area contributed by atoms with Crippen LogP contribution < -0.4 is 0 Å². The number of thiazole rings is 1. The lowest BCUT2D eigenvalue weighted by Crippen LogP contribution is -1.99. The van der Waals surface area contributed by atoms with Gasteiger partial charge < -0.3 is 10.1 Å². The molecule has 0 atom stereocenters. The number of hydrogen-bond donors (Lipinski definition) is 2. The molecule has 0 saturated heterocycles. The number of carboxylic acid groups (broad SMARTS) is 1. The van der Waals surface area contributed by atoms with E-state index in [0.717, 1.165) is 16.1 Å². The van der Waals surface area contributed by atoms with Crippen LogP contribution in [0.15, 0.2) is 24.3 Å². The second-order valence-electron chi connectivity index (χ2n) is 3.39. The van der Waals surface area contributed by atoms with Crippen molar-refractivity contribution in [2.75, 3.05) is 0 Å². The number of H-pyrrole nitrogens is 1. The summed E-state index contributed by atoms with van der Waals surface area (Å²) in [6, 6.07) is 7.19. The van der Waals surface area contributed by atoms with Crippen molar-refractivity contribution in [3.63, 3.8) is 0 Å². The molecule has 0 aliphatic heterocycles. The van der Waals surface area contributed by atoms with Crippen LogP contribution in [0.25, 0.3) is 11.3 Å². The number of halogens is 1. The topological polar surface area (TPSA) is 53.1 Å². The van der Waals surface area contributed by atoms with Gasteiger partial charge in [0, 0.05) is 9.90 Å². The molecule has 88 valence electrons. The lowest BCUT2D eigenvalue weighted by atomic mass is 10.1. The molecule has 0 unspecified atom stereocenters. The molecular weight excluding hydrogens is 278 g/mol. The van der Waals surface area contributed by atoms with E-state index in [9.17, 15) is 4.79 Å². The van der Waals surface area contributed by atoms with Gasteiger partial charge in [0.25, 0.3) is 0 Å². The summed E-state index contributed by atoms with van der Waals surface area (Å²) in [6.07, 6.45) is -0.0320. The summed E-state index contributed by atoms with van der Waals surface area (Å²) in [5.41, 5.74) is 1.65. The molecule has 2 N–H and O–H groups in total. The molecule has 0 aliphatic rings. The zero-order chi connectivity index (χ0) is 12.4. The Balaban J connectivity index is 2.47. The Hall–Kier alpha value is -1.17. The standard InChI is InChI=1S/C11H8ClNO2S2/c12-7-3-1-6(2-4-7)10-8(5-9(14)15)17-11(16)13-10/h1-4H,5H2,(H,13,16)(H,14,15). The maximum Gasteiger partial charge on any atom is 0.308 e. The number of rotatable bonds is 3. The normalized spacial score (nSPS) is 10.4. The van der Waals surface area contributed by atoms with Gasteiger partial charge in [-0.2, -0.15) is 0 Å². The van der Waals surface area contributed by atoms with Gasteiger partial charge in [-0.25, -0.2) is 0 Å². The van der Waals surface area contributed by atoms with E-state index in [4.69, 9.17) is 28.9 Å². The predicted molar refractivity (Wildman–Crippen MR) is 71.3 cm³/mol. The lowest BCUT2D eigenvalue weighted by molar-refractivity contribution is -0.136. The Bertz CT molecular complexity index is 601. The molecule has 6 heteroatoms. The summed E-state index contributed by atoms with van der Waals surface area (Å²) in [4.78, 5) is 14.5. The van der Waals surface area contributed by atoms with E-state index < -0.39 is 5.97 Å². The van der Waals surface area contributed by atoms with E-state index in [1.807, 2.05) is 12.1 Å². The summed E-state index contributed by atoms with van der Waals surface area (Å²) >= 11 is 12.1. The number of aromatic amines is 1. The van der Waals surface area contributed by atoms with Gasteiger partial charge in [0.15, 0.2) is 3.95 Å². The second kappa shape index (κ2) is 5.00. The molecule has 2 rings (SSSR count). The Kier molecular flexibility index (Phi) is 3.61. The maximum atomic E-state index is 10.8. The molecule has 3 nitrogen and oxygen atoms in total. The smallest absolute Gasteiger partial charge is 0.308 e. The van der Waals surface area contributed by atoms with Gasteiger partial charge in [-0.15, -0.1) is 11.3 Å². The third kappa shape index (κ3) is 2.94. The first-order valence-electron chi connectivity index (χ1n) is 4.76. The van der Waals surface area contributed by atoms with Crippen molar-refractivity contribution < 1.29 is 9.90 Å². The molecule has 0 bridgehead atoms. The van der Waals surface area contributed by atoms with Crippen LogP contribution in [0.3, 0.4) is 0 Å². The monoisotopic (exact) mass is 285 g/mol. The quantitative estimate of drug-likeness (QED) is 0.845. The fourth-order valence-corrected chi connectivity index (χ4v) is 2.85. The van der Waals surface area contributed by atoms with Crippen molar-refractivity contribution in [2.45, 2.75) is 6.42 Å². The minimum atomic E-state index is -0.870. The average Bonchev–Trinajstić information content (AvgIpc) is 2.59. The highest BCUT2D eigenvalue weighted by Gasteiger charge is 2.12. The minimum Gasteiger partial charge on any atom is -0.481 e. The minimum absolute atomic E-state index is 0.0320. The van der Waals surface area contributed by atoms with Crippen LogP contribution in [0.1, 0.15) is 4.88 Å². The summed E-state index contributed by atoms with van der Waals surface area (Å²) in [5.74, 6) is -0.870. The van der Waals surface area contributed by atoms with E-state index in [1.54, 1.807) is 12.1 Å². The average molecular weight is 286 g/mol. The van der Waals surface area contributed by atoms with Crippen LogP contribution in [0.5, 0.6) is 0 Å². The molecule has 0 aliphatic carbocycles. The van der Waals surface area contributed by atoms with Crippen molar-refractivity contribution in [1.29, 1.82) is 0 Å². The first-order valence-corrected chi connectivity index (χ1v) is 6.36. The molecule has 1 aromatic heterocycles. The van der Waals surface area contributed by atoms with Crippen LogP contribution in [0, 0.1) is 3.95 Å². The molecule has 1 aromatic carbocycles. The van der Waals surface area contributed by atoms with Gasteiger partial charge in [-0.3, -0.25) is 4.79 Å². The highest BCUT2D eigenvalue weighted by Crippen LogP contribution is 2.28. The number of benzene rings is 1.